The maximum atomic E-state index is 12.3. The Kier molecular flexibility index (Phi) is 6.84. The number of carbonyl (C=O) groups is 1. The van der Waals surface area contributed by atoms with Gasteiger partial charge >= 0.3 is 0 Å². The summed E-state index contributed by atoms with van der Waals surface area (Å²) in [5.41, 5.74) is 1.62. The second-order valence-corrected chi connectivity index (χ2v) is 7.55. The first kappa shape index (κ1) is 20.8. The Labute approximate surface area is 176 Å². The number of nitro benzene ring substituents is 1. The maximum absolute atomic E-state index is 12.3. The van der Waals surface area contributed by atoms with Gasteiger partial charge in [0.15, 0.2) is 0 Å². The predicted octanol–water partition coefficient (Wildman–Crippen LogP) is 4.19. The zero-order valence-electron chi connectivity index (χ0n) is 15.4. The molecule has 0 aliphatic carbocycles. The van der Waals surface area contributed by atoms with E-state index in [0.717, 1.165) is 5.56 Å². The van der Waals surface area contributed by atoms with Gasteiger partial charge in [0.1, 0.15) is 0 Å². The van der Waals surface area contributed by atoms with Crippen molar-refractivity contribution in [1.82, 2.24) is 15.0 Å². The van der Waals surface area contributed by atoms with Gasteiger partial charge in [-0.1, -0.05) is 41.0 Å². The van der Waals surface area contributed by atoms with E-state index in [1.165, 1.54) is 28.8 Å². The Morgan fingerprint density at radius 2 is 1.97 bits per heavy atom. The highest BCUT2D eigenvalue weighted by molar-refractivity contribution is 7.99. The SMILES string of the molecule is CN(Cc1nc(-c2ccccc2Cl)no1)C(=O)CSCc1ccc([N+](=O)[O-])cc1. The van der Waals surface area contributed by atoms with Gasteiger partial charge in [-0.15, -0.1) is 11.8 Å². The fourth-order valence-electron chi connectivity index (χ4n) is 2.44. The van der Waals surface area contributed by atoms with E-state index < -0.39 is 4.92 Å². The Morgan fingerprint density at radius 3 is 2.66 bits per heavy atom. The molecular formula is C19H17ClN4O4S. The third-order valence-corrected chi connectivity index (χ3v) is 5.34. The topological polar surface area (TPSA) is 102 Å². The summed E-state index contributed by atoms with van der Waals surface area (Å²) in [6.07, 6.45) is 0. The minimum absolute atomic E-state index is 0.0466. The van der Waals surface area contributed by atoms with Crippen molar-refractivity contribution < 1.29 is 14.2 Å². The van der Waals surface area contributed by atoms with Gasteiger partial charge in [0.05, 0.1) is 22.2 Å². The number of non-ortho nitro benzene ring substituents is 1. The fraction of sp³-hybridized carbons (Fsp3) is 0.211. The molecule has 150 valence electrons. The predicted molar refractivity (Wildman–Crippen MR) is 110 cm³/mol. The minimum Gasteiger partial charge on any atom is -0.337 e. The molecule has 29 heavy (non-hydrogen) atoms. The van der Waals surface area contributed by atoms with Crippen molar-refractivity contribution in [3.63, 3.8) is 0 Å². The van der Waals surface area contributed by atoms with Crippen LogP contribution in [-0.4, -0.2) is 38.7 Å². The summed E-state index contributed by atoms with van der Waals surface area (Å²) in [7, 11) is 1.66. The normalized spacial score (nSPS) is 10.7. The summed E-state index contributed by atoms with van der Waals surface area (Å²) in [5.74, 6) is 1.44. The molecule has 0 radical (unpaired) electrons. The number of hydrogen-bond donors (Lipinski definition) is 0. The molecule has 10 heteroatoms. The smallest absolute Gasteiger partial charge is 0.269 e. The minimum atomic E-state index is -0.440. The van der Waals surface area contributed by atoms with Gasteiger partial charge in [0, 0.05) is 30.5 Å². The molecule has 3 aromatic rings. The molecule has 2 aromatic carbocycles. The van der Waals surface area contributed by atoms with Crippen molar-refractivity contribution >= 4 is 35.0 Å². The van der Waals surface area contributed by atoms with E-state index in [1.807, 2.05) is 12.1 Å². The van der Waals surface area contributed by atoms with Crippen molar-refractivity contribution in [3.8, 4) is 11.4 Å². The van der Waals surface area contributed by atoms with E-state index in [0.29, 0.717) is 28.1 Å². The van der Waals surface area contributed by atoms with Gasteiger partial charge in [-0.25, -0.2) is 0 Å². The van der Waals surface area contributed by atoms with Crippen LogP contribution in [0.25, 0.3) is 11.4 Å². The molecule has 0 spiro atoms. The average Bonchev–Trinajstić information content (AvgIpc) is 3.16. The third-order valence-electron chi connectivity index (χ3n) is 4.02. The molecule has 3 rings (SSSR count). The van der Waals surface area contributed by atoms with Crippen LogP contribution >= 0.6 is 23.4 Å². The first-order valence-corrected chi connectivity index (χ1v) is 10.1. The van der Waals surface area contributed by atoms with Crippen molar-refractivity contribution in [2.45, 2.75) is 12.3 Å². The van der Waals surface area contributed by atoms with Gasteiger partial charge in [-0.05, 0) is 17.7 Å². The molecule has 0 fully saturated rings. The van der Waals surface area contributed by atoms with E-state index in [-0.39, 0.29) is 23.9 Å². The molecule has 0 atom stereocenters. The maximum Gasteiger partial charge on any atom is 0.269 e. The van der Waals surface area contributed by atoms with Gasteiger partial charge < -0.3 is 9.42 Å². The van der Waals surface area contributed by atoms with E-state index >= 15 is 0 Å². The average molecular weight is 433 g/mol. The second kappa shape index (κ2) is 9.53. The van der Waals surface area contributed by atoms with E-state index in [9.17, 15) is 14.9 Å². The van der Waals surface area contributed by atoms with Crippen LogP contribution in [0.5, 0.6) is 0 Å². The number of hydrogen-bond acceptors (Lipinski definition) is 7. The third kappa shape index (κ3) is 5.55. The standard InChI is InChI=1S/C19H17ClN4O4S/c1-23(10-17-21-19(22-28-17)15-4-2-3-5-16(15)20)18(25)12-29-11-13-6-8-14(9-7-13)24(26)27/h2-9H,10-12H2,1H3. The highest BCUT2D eigenvalue weighted by Crippen LogP contribution is 2.25. The highest BCUT2D eigenvalue weighted by atomic mass is 35.5. The number of nitro groups is 1. The second-order valence-electron chi connectivity index (χ2n) is 6.16. The zero-order chi connectivity index (χ0) is 20.8. The van der Waals surface area contributed by atoms with Crippen LogP contribution in [0, 0.1) is 10.1 Å². The van der Waals surface area contributed by atoms with Crippen LogP contribution in [0.4, 0.5) is 5.69 Å². The van der Waals surface area contributed by atoms with Crippen molar-refractivity contribution in [2.75, 3.05) is 12.8 Å². The van der Waals surface area contributed by atoms with Crippen LogP contribution in [0.15, 0.2) is 53.1 Å². The van der Waals surface area contributed by atoms with Crippen molar-refractivity contribution in [2.24, 2.45) is 0 Å². The molecule has 0 unspecified atom stereocenters. The van der Waals surface area contributed by atoms with Gasteiger partial charge in [0.25, 0.3) is 5.69 Å². The Morgan fingerprint density at radius 1 is 1.24 bits per heavy atom. The number of nitrogens with zero attached hydrogens (tertiary/aromatic N) is 4. The summed E-state index contributed by atoms with van der Waals surface area (Å²) in [5, 5.41) is 15.1. The monoisotopic (exact) mass is 432 g/mol. The number of carbonyl (C=O) groups excluding carboxylic acids is 1. The molecule has 1 aromatic heterocycles. The van der Waals surface area contributed by atoms with E-state index in [1.54, 1.807) is 31.3 Å². The summed E-state index contributed by atoms with van der Waals surface area (Å²) in [6.45, 7) is 0.189. The van der Waals surface area contributed by atoms with Gasteiger partial charge in [-0.2, -0.15) is 4.98 Å². The summed E-state index contributed by atoms with van der Waals surface area (Å²) >= 11 is 7.56. The molecule has 0 N–H and O–H groups in total. The first-order valence-electron chi connectivity index (χ1n) is 8.56. The molecule has 0 bridgehead atoms. The quantitative estimate of drug-likeness (QED) is 0.388. The van der Waals surface area contributed by atoms with E-state index in [4.69, 9.17) is 16.1 Å². The lowest BCUT2D eigenvalue weighted by Crippen LogP contribution is -2.28. The Bertz CT molecular complexity index is 1010. The van der Waals surface area contributed by atoms with Crippen LogP contribution in [0.3, 0.4) is 0 Å². The lowest BCUT2D eigenvalue weighted by Gasteiger charge is -2.14. The summed E-state index contributed by atoms with van der Waals surface area (Å²) < 4.78 is 5.22. The largest absolute Gasteiger partial charge is 0.337 e. The van der Waals surface area contributed by atoms with Crippen LogP contribution < -0.4 is 0 Å². The van der Waals surface area contributed by atoms with Crippen molar-refractivity contribution in [3.05, 3.63) is 75.1 Å². The lowest BCUT2D eigenvalue weighted by molar-refractivity contribution is -0.384. The summed E-state index contributed by atoms with van der Waals surface area (Å²) in [4.78, 5) is 28.3. The Balaban J connectivity index is 1.49. The van der Waals surface area contributed by atoms with E-state index in [2.05, 4.69) is 10.1 Å². The van der Waals surface area contributed by atoms with Crippen molar-refractivity contribution in [1.29, 1.82) is 0 Å². The Hall–Kier alpha value is -2.91. The lowest BCUT2D eigenvalue weighted by atomic mass is 10.2. The molecule has 0 aliphatic heterocycles. The number of rotatable bonds is 8. The molecule has 0 saturated carbocycles. The number of thioether (sulfide) groups is 1. The molecule has 8 nitrogen and oxygen atoms in total. The molecule has 0 saturated heterocycles. The number of benzene rings is 2. The number of aromatic nitrogens is 2. The van der Waals surface area contributed by atoms with Crippen LogP contribution in [-0.2, 0) is 17.1 Å². The fourth-order valence-corrected chi connectivity index (χ4v) is 3.59. The number of amides is 1. The molecule has 1 amide bonds. The van der Waals surface area contributed by atoms with Gasteiger partial charge in [0.2, 0.25) is 17.6 Å². The first-order chi connectivity index (χ1) is 13.9. The van der Waals surface area contributed by atoms with Gasteiger partial charge in [-0.3, -0.25) is 14.9 Å². The zero-order valence-corrected chi connectivity index (χ0v) is 17.0. The summed E-state index contributed by atoms with van der Waals surface area (Å²) in [6, 6.07) is 13.5. The molecule has 1 heterocycles. The molecule has 0 aliphatic rings. The van der Waals surface area contributed by atoms with Crippen LogP contribution in [0.2, 0.25) is 5.02 Å². The van der Waals surface area contributed by atoms with Crippen LogP contribution in [0.1, 0.15) is 11.5 Å². The highest BCUT2D eigenvalue weighted by Gasteiger charge is 2.16. The number of halogens is 1. The molecular weight excluding hydrogens is 416 g/mol.